The van der Waals surface area contributed by atoms with Gasteiger partial charge in [0.05, 0.1) is 17.7 Å². The summed E-state index contributed by atoms with van der Waals surface area (Å²) in [6.45, 7) is 5.53. The molecule has 0 heterocycles. The maximum absolute atomic E-state index is 13.9. The maximum Gasteiger partial charge on any atom is 0.264 e. The number of amides is 2. The highest BCUT2D eigenvalue weighted by atomic mass is 32.2. The zero-order valence-electron chi connectivity index (χ0n) is 23.3. The van der Waals surface area contributed by atoms with Crippen molar-refractivity contribution in [2.24, 2.45) is 0 Å². The van der Waals surface area contributed by atoms with Crippen molar-refractivity contribution in [3.05, 3.63) is 89.7 Å². The number of benzene rings is 3. The lowest BCUT2D eigenvalue weighted by molar-refractivity contribution is -0.139. The van der Waals surface area contributed by atoms with Gasteiger partial charge in [0.25, 0.3) is 10.0 Å². The Labute approximate surface area is 235 Å². The molecular weight excluding hydrogens is 533 g/mol. The van der Waals surface area contributed by atoms with E-state index in [0.717, 1.165) is 40.4 Å². The van der Waals surface area contributed by atoms with Gasteiger partial charge < -0.3 is 15.0 Å². The van der Waals surface area contributed by atoms with Crippen molar-refractivity contribution in [2.45, 2.75) is 51.1 Å². The van der Waals surface area contributed by atoms with E-state index in [4.69, 9.17) is 4.74 Å². The topological polar surface area (TPSA) is 96.0 Å². The smallest absolute Gasteiger partial charge is 0.264 e. The van der Waals surface area contributed by atoms with Crippen molar-refractivity contribution in [2.75, 3.05) is 24.5 Å². The van der Waals surface area contributed by atoms with E-state index >= 15 is 0 Å². The van der Waals surface area contributed by atoms with Gasteiger partial charge in [-0.3, -0.25) is 13.9 Å². The number of carbonyl (C=O) groups is 2. The number of anilines is 1. The van der Waals surface area contributed by atoms with Crippen LogP contribution in [0.15, 0.2) is 77.7 Å². The lowest BCUT2D eigenvalue weighted by Crippen LogP contribution is -2.51. The molecule has 214 valence electrons. The molecule has 0 saturated heterocycles. The molecule has 40 heavy (non-hydrogen) atoms. The zero-order valence-corrected chi connectivity index (χ0v) is 24.1. The van der Waals surface area contributed by atoms with Crippen molar-refractivity contribution in [3.8, 4) is 5.75 Å². The Kier molecular flexibility index (Phi) is 10.7. The molecule has 0 radical (unpaired) electrons. The second-order valence-electron chi connectivity index (χ2n) is 9.49. The van der Waals surface area contributed by atoms with Crippen molar-refractivity contribution >= 4 is 27.5 Å². The number of hydrogen-bond acceptors (Lipinski definition) is 5. The lowest BCUT2D eigenvalue weighted by Gasteiger charge is -2.32. The Bertz CT molecular complexity index is 1400. The molecule has 0 spiro atoms. The first-order valence-corrected chi connectivity index (χ1v) is 14.6. The van der Waals surface area contributed by atoms with Gasteiger partial charge >= 0.3 is 0 Å². The van der Waals surface area contributed by atoms with E-state index in [0.29, 0.717) is 12.3 Å². The lowest BCUT2D eigenvalue weighted by atomic mass is 10.1. The highest BCUT2D eigenvalue weighted by molar-refractivity contribution is 7.92. The number of nitrogens with one attached hydrogen (secondary N) is 1. The first-order valence-electron chi connectivity index (χ1n) is 13.1. The molecule has 1 N–H and O–H groups in total. The fourth-order valence-electron chi connectivity index (χ4n) is 4.14. The van der Waals surface area contributed by atoms with Crippen molar-refractivity contribution in [1.29, 1.82) is 0 Å². The van der Waals surface area contributed by atoms with E-state index in [9.17, 15) is 22.4 Å². The minimum Gasteiger partial charge on any atom is -0.497 e. The van der Waals surface area contributed by atoms with Crippen LogP contribution in [0.4, 0.5) is 10.1 Å². The van der Waals surface area contributed by atoms with Crippen LogP contribution in [-0.4, -0.2) is 51.4 Å². The van der Waals surface area contributed by atoms with Gasteiger partial charge in [0.2, 0.25) is 11.8 Å². The minimum atomic E-state index is -4.26. The molecule has 0 saturated carbocycles. The number of unbranched alkanes of at least 4 members (excludes halogenated alkanes) is 1. The molecule has 3 rings (SSSR count). The number of methoxy groups -OCH3 is 1. The number of sulfonamides is 1. The molecular formula is C30H36FN3O5S. The quantitative estimate of drug-likeness (QED) is 0.302. The van der Waals surface area contributed by atoms with Crippen LogP contribution in [0.25, 0.3) is 0 Å². The van der Waals surface area contributed by atoms with Crippen LogP contribution in [0.3, 0.4) is 0 Å². The number of carbonyl (C=O) groups excluding carboxylic acids is 2. The predicted molar refractivity (Wildman–Crippen MR) is 153 cm³/mol. The normalized spacial score (nSPS) is 11.9. The molecule has 10 heteroatoms. The Morgan fingerprint density at radius 1 is 1.02 bits per heavy atom. The minimum absolute atomic E-state index is 0.0685. The van der Waals surface area contributed by atoms with Gasteiger partial charge in [0, 0.05) is 13.1 Å². The molecule has 8 nitrogen and oxygen atoms in total. The van der Waals surface area contributed by atoms with E-state index in [1.807, 2.05) is 38.1 Å². The molecule has 0 aromatic heterocycles. The standard InChI is InChI=1S/C30H36FN3O5S/c1-5-6-18-32-30(36)23(3)33(20-24-9-7-8-22(2)19-24)29(35)21-34(26-12-10-25(31)11-13-26)40(37,38)28-16-14-27(39-4)15-17-28/h7-17,19,23H,5-6,18,20-21H2,1-4H3,(H,32,36)/t23-/m0/s1. The molecule has 1 atom stereocenters. The highest BCUT2D eigenvalue weighted by Crippen LogP contribution is 2.26. The van der Waals surface area contributed by atoms with Gasteiger partial charge in [0.15, 0.2) is 0 Å². The second kappa shape index (κ2) is 13.9. The third kappa shape index (κ3) is 7.81. The number of aryl methyl sites for hydroxylation is 1. The molecule has 0 aliphatic rings. The summed E-state index contributed by atoms with van der Waals surface area (Å²) in [6, 6.07) is 17.3. The Hall–Kier alpha value is -3.92. The van der Waals surface area contributed by atoms with Crippen LogP contribution in [0.1, 0.15) is 37.8 Å². The van der Waals surface area contributed by atoms with Crippen LogP contribution >= 0.6 is 0 Å². The van der Waals surface area contributed by atoms with Gasteiger partial charge in [0.1, 0.15) is 24.2 Å². The summed E-state index contributed by atoms with van der Waals surface area (Å²) in [5.41, 5.74) is 1.90. The SMILES string of the molecule is CCCCNC(=O)[C@H](C)N(Cc1cccc(C)c1)C(=O)CN(c1ccc(F)cc1)S(=O)(=O)c1ccc(OC)cc1. The maximum atomic E-state index is 13.9. The van der Waals surface area contributed by atoms with Gasteiger partial charge in [-0.05, 0) is 74.4 Å². The Morgan fingerprint density at radius 2 is 1.70 bits per heavy atom. The second-order valence-corrected chi connectivity index (χ2v) is 11.4. The van der Waals surface area contributed by atoms with Gasteiger partial charge in [-0.25, -0.2) is 12.8 Å². The van der Waals surface area contributed by atoms with Gasteiger partial charge in [-0.2, -0.15) is 0 Å². The van der Waals surface area contributed by atoms with Crippen LogP contribution in [0.5, 0.6) is 5.75 Å². The highest BCUT2D eigenvalue weighted by Gasteiger charge is 2.32. The van der Waals surface area contributed by atoms with Crippen LogP contribution in [0, 0.1) is 12.7 Å². The summed E-state index contributed by atoms with van der Waals surface area (Å²) >= 11 is 0. The molecule has 0 bridgehead atoms. The van der Waals surface area contributed by atoms with Crippen molar-refractivity contribution in [3.63, 3.8) is 0 Å². The van der Waals surface area contributed by atoms with E-state index in [1.54, 1.807) is 6.92 Å². The van der Waals surface area contributed by atoms with E-state index in [-0.39, 0.29) is 23.0 Å². The molecule has 2 amide bonds. The van der Waals surface area contributed by atoms with Crippen molar-refractivity contribution < 1.29 is 27.1 Å². The summed E-state index contributed by atoms with van der Waals surface area (Å²) < 4.78 is 47.4. The molecule has 0 aliphatic carbocycles. The first kappa shape index (κ1) is 30.6. The third-order valence-electron chi connectivity index (χ3n) is 6.47. The summed E-state index contributed by atoms with van der Waals surface area (Å²) in [4.78, 5) is 28.2. The molecule has 0 unspecified atom stereocenters. The largest absolute Gasteiger partial charge is 0.497 e. The number of halogens is 1. The molecule has 3 aromatic carbocycles. The molecule has 0 fully saturated rings. The fourth-order valence-corrected chi connectivity index (χ4v) is 5.55. The molecule has 3 aromatic rings. The number of nitrogens with zero attached hydrogens (tertiary/aromatic N) is 2. The molecule has 0 aliphatic heterocycles. The average Bonchev–Trinajstić information content (AvgIpc) is 2.94. The summed E-state index contributed by atoms with van der Waals surface area (Å²) in [7, 11) is -2.79. The summed E-state index contributed by atoms with van der Waals surface area (Å²) in [6.07, 6.45) is 1.69. The third-order valence-corrected chi connectivity index (χ3v) is 8.26. The number of hydrogen-bond donors (Lipinski definition) is 1. The van der Waals surface area contributed by atoms with E-state index < -0.39 is 34.3 Å². The van der Waals surface area contributed by atoms with Crippen molar-refractivity contribution in [1.82, 2.24) is 10.2 Å². The van der Waals surface area contributed by atoms with E-state index in [2.05, 4.69) is 5.32 Å². The van der Waals surface area contributed by atoms with Crippen LogP contribution in [0.2, 0.25) is 0 Å². The number of rotatable bonds is 13. The zero-order chi connectivity index (χ0) is 29.3. The van der Waals surface area contributed by atoms with Gasteiger partial charge in [-0.1, -0.05) is 43.2 Å². The van der Waals surface area contributed by atoms with Crippen LogP contribution in [-0.2, 0) is 26.2 Å². The Balaban J connectivity index is 2.00. The first-order chi connectivity index (χ1) is 19.1. The summed E-state index contributed by atoms with van der Waals surface area (Å²) in [5, 5.41) is 2.86. The van der Waals surface area contributed by atoms with Gasteiger partial charge in [-0.15, -0.1) is 0 Å². The van der Waals surface area contributed by atoms with E-state index in [1.165, 1.54) is 48.4 Å². The van der Waals surface area contributed by atoms with Crippen LogP contribution < -0.4 is 14.4 Å². The Morgan fingerprint density at radius 3 is 2.30 bits per heavy atom. The summed E-state index contributed by atoms with van der Waals surface area (Å²) in [5.74, 6) is -0.993. The monoisotopic (exact) mass is 569 g/mol. The number of ether oxygens (including phenoxy) is 1. The fraction of sp³-hybridized carbons (Fsp3) is 0.333. The predicted octanol–water partition coefficient (Wildman–Crippen LogP) is 4.67. The average molecular weight is 570 g/mol.